The maximum Gasteiger partial charge on any atom is 0.412 e. The Hall–Kier alpha value is -1.34. The van der Waals surface area contributed by atoms with Crippen molar-refractivity contribution >= 4 is 12.1 Å². The lowest BCUT2D eigenvalue weighted by Crippen LogP contribution is -2.53. The molecule has 1 heterocycles. The van der Waals surface area contributed by atoms with Crippen molar-refractivity contribution in [3.63, 3.8) is 0 Å². The van der Waals surface area contributed by atoms with Crippen molar-refractivity contribution in [2.24, 2.45) is 0 Å². The van der Waals surface area contributed by atoms with Crippen LogP contribution in [0.1, 0.15) is 47.5 Å². The molecule has 1 rings (SSSR count). The third kappa shape index (κ3) is 4.84. The predicted molar refractivity (Wildman–Crippen MR) is 79.1 cm³/mol. The Morgan fingerprint density at radius 3 is 2.50 bits per heavy atom. The first-order valence-corrected chi connectivity index (χ1v) is 7.39. The lowest BCUT2D eigenvalue weighted by atomic mass is 10.0. The number of aliphatic hydroxyl groups is 1. The predicted octanol–water partition coefficient (Wildman–Crippen LogP) is 1.67. The lowest BCUT2D eigenvalue weighted by Gasteiger charge is -2.36. The second kappa shape index (κ2) is 6.83. The van der Waals surface area contributed by atoms with Gasteiger partial charge in [0.1, 0.15) is 11.3 Å². The number of hydrogen-bond acceptors (Lipinski definition) is 6. The van der Waals surface area contributed by atoms with Crippen LogP contribution in [0.3, 0.4) is 0 Å². The third-order valence-electron chi connectivity index (χ3n) is 3.43. The average Bonchev–Trinajstić information content (AvgIpc) is 2.69. The van der Waals surface area contributed by atoms with Crippen LogP contribution in [-0.4, -0.2) is 59.3 Å². The van der Waals surface area contributed by atoms with E-state index in [1.165, 1.54) is 12.0 Å². The van der Waals surface area contributed by atoms with E-state index in [2.05, 4.69) is 4.74 Å². The molecule has 0 spiro atoms. The number of methoxy groups -OCH3 is 1. The number of hydrogen-bond donors (Lipinski definition) is 1. The monoisotopic (exact) mass is 317 g/mol. The van der Waals surface area contributed by atoms with Crippen LogP contribution in [0.15, 0.2) is 0 Å². The Labute approximate surface area is 131 Å². The SMILES string of the molecule is COC(=O)CC[C@H](O)[C@@H]1COC(C)(C)N1C(=O)OC(C)(C)C. The first-order chi connectivity index (χ1) is 9.98. The number of carbonyl (C=O) groups is 2. The van der Waals surface area contributed by atoms with E-state index in [-0.39, 0.29) is 19.4 Å². The van der Waals surface area contributed by atoms with Gasteiger partial charge in [-0.1, -0.05) is 0 Å². The highest BCUT2D eigenvalue weighted by molar-refractivity contribution is 5.70. The number of amides is 1. The van der Waals surface area contributed by atoms with E-state index in [0.29, 0.717) is 0 Å². The van der Waals surface area contributed by atoms with Crippen LogP contribution in [0.2, 0.25) is 0 Å². The van der Waals surface area contributed by atoms with Gasteiger partial charge in [0.05, 0.1) is 25.9 Å². The van der Waals surface area contributed by atoms with E-state index >= 15 is 0 Å². The molecule has 1 aliphatic rings. The fraction of sp³-hybridized carbons (Fsp3) is 0.867. The van der Waals surface area contributed by atoms with Gasteiger partial charge in [-0.15, -0.1) is 0 Å². The van der Waals surface area contributed by atoms with Crippen LogP contribution in [0.5, 0.6) is 0 Å². The van der Waals surface area contributed by atoms with Crippen molar-refractivity contribution in [2.75, 3.05) is 13.7 Å². The number of nitrogens with zero attached hydrogens (tertiary/aromatic N) is 1. The van der Waals surface area contributed by atoms with Gasteiger partial charge >= 0.3 is 12.1 Å². The summed E-state index contributed by atoms with van der Waals surface area (Å²) in [4.78, 5) is 25.0. The van der Waals surface area contributed by atoms with E-state index in [9.17, 15) is 14.7 Å². The highest BCUT2D eigenvalue weighted by atomic mass is 16.6. The van der Waals surface area contributed by atoms with Gasteiger partial charge in [0.25, 0.3) is 0 Å². The zero-order valence-corrected chi connectivity index (χ0v) is 14.2. The molecule has 1 fully saturated rings. The molecule has 22 heavy (non-hydrogen) atoms. The molecule has 1 N–H and O–H groups in total. The summed E-state index contributed by atoms with van der Waals surface area (Å²) in [6, 6.07) is -0.561. The molecular weight excluding hydrogens is 290 g/mol. The van der Waals surface area contributed by atoms with Gasteiger partial charge in [-0.05, 0) is 41.0 Å². The van der Waals surface area contributed by atoms with Crippen LogP contribution < -0.4 is 0 Å². The molecule has 128 valence electrons. The van der Waals surface area contributed by atoms with Crippen molar-refractivity contribution < 1.29 is 28.9 Å². The number of aliphatic hydroxyl groups excluding tert-OH is 1. The number of rotatable bonds is 4. The standard InChI is InChI=1S/C15H27NO6/c1-14(2,3)22-13(19)16-10(9-21-15(16,4)5)11(17)7-8-12(18)20-6/h10-11,17H,7-9H2,1-6H3/t10-,11-/m0/s1. The molecule has 1 saturated heterocycles. The van der Waals surface area contributed by atoms with Crippen LogP contribution >= 0.6 is 0 Å². The quantitative estimate of drug-likeness (QED) is 0.794. The smallest absolute Gasteiger partial charge is 0.412 e. The maximum atomic E-state index is 12.4. The molecular formula is C15H27NO6. The fourth-order valence-corrected chi connectivity index (χ4v) is 2.34. The third-order valence-corrected chi connectivity index (χ3v) is 3.43. The summed E-state index contributed by atoms with van der Waals surface area (Å²) < 4.78 is 15.6. The normalized spacial score (nSPS) is 22.3. The van der Waals surface area contributed by atoms with Gasteiger partial charge in [0.2, 0.25) is 0 Å². The number of ether oxygens (including phenoxy) is 3. The fourth-order valence-electron chi connectivity index (χ4n) is 2.34. The maximum absolute atomic E-state index is 12.4. The summed E-state index contributed by atoms with van der Waals surface area (Å²) in [7, 11) is 1.30. The Kier molecular flexibility index (Phi) is 5.81. The molecule has 7 heteroatoms. The minimum atomic E-state index is -0.895. The average molecular weight is 317 g/mol. The molecule has 0 aliphatic carbocycles. The first kappa shape index (κ1) is 18.7. The highest BCUT2D eigenvalue weighted by Crippen LogP contribution is 2.31. The molecule has 0 aromatic carbocycles. The molecule has 0 aromatic rings. The van der Waals surface area contributed by atoms with Gasteiger partial charge in [-0.3, -0.25) is 9.69 Å². The van der Waals surface area contributed by atoms with Gasteiger partial charge < -0.3 is 19.3 Å². The minimum absolute atomic E-state index is 0.0801. The largest absolute Gasteiger partial charge is 0.469 e. The molecule has 1 aliphatic heterocycles. The van der Waals surface area contributed by atoms with Crippen LogP contribution in [0.25, 0.3) is 0 Å². The molecule has 0 unspecified atom stereocenters. The molecule has 0 aromatic heterocycles. The van der Waals surface area contributed by atoms with Gasteiger partial charge in [-0.2, -0.15) is 0 Å². The number of esters is 1. The molecule has 0 radical (unpaired) electrons. The second-order valence-corrected chi connectivity index (χ2v) is 6.86. The van der Waals surface area contributed by atoms with Crippen LogP contribution in [0.4, 0.5) is 4.79 Å². The van der Waals surface area contributed by atoms with Crippen LogP contribution in [-0.2, 0) is 19.0 Å². The van der Waals surface area contributed by atoms with Crippen molar-refractivity contribution in [3.8, 4) is 0 Å². The Morgan fingerprint density at radius 2 is 2.00 bits per heavy atom. The van der Waals surface area contributed by atoms with Gasteiger partial charge in [0.15, 0.2) is 0 Å². The molecule has 0 bridgehead atoms. The summed E-state index contributed by atoms with van der Waals surface area (Å²) >= 11 is 0. The number of carbonyl (C=O) groups excluding carboxylic acids is 2. The highest BCUT2D eigenvalue weighted by Gasteiger charge is 2.48. The summed E-state index contributed by atoms with van der Waals surface area (Å²) in [5.74, 6) is -0.402. The molecule has 7 nitrogen and oxygen atoms in total. The van der Waals surface area contributed by atoms with Gasteiger partial charge in [0, 0.05) is 6.42 Å². The van der Waals surface area contributed by atoms with Crippen LogP contribution in [0, 0.1) is 0 Å². The summed E-state index contributed by atoms with van der Waals surface area (Å²) in [6.07, 6.45) is -1.17. The zero-order valence-electron chi connectivity index (χ0n) is 14.2. The Bertz CT molecular complexity index is 415. The van der Waals surface area contributed by atoms with Crippen molar-refractivity contribution in [1.29, 1.82) is 0 Å². The molecule has 2 atom stereocenters. The molecule has 1 amide bonds. The van der Waals surface area contributed by atoms with E-state index in [1.54, 1.807) is 34.6 Å². The Morgan fingerprint density at radius 1 is 1.41 bits per heavy atom. The van der Waals surface area contributed by atoms with Crippen molar-refractivity contribution in [2.45, 2.75) is 70.9 Å². The summed E-state index contributed by atoms with van der Waals surface area (Å²) in [6.45, 7) is 9.00. The zero-order chi connectivity index (χ0) is 17.1. The topological polar surface area (TPSA) is 85.3 Å². The first-order valence-electron chi connectivity index (χ1n) is 7.39. The van der Waals surface area contributed by atoms with Gasteiger partial charge in [-0.25, -0.2) is 4.79 Å². The second-order valence-electron chi connectivity index (χ2n) is 6.86. The summed E-state index contributed by atoms with van der Waals surface area (Å²) in [5, 5.41) is 10.3. The molecule has 0 saturated carbocycles. The van der Waals surface area contributed by atoms with E-state index < -0.39 is 35.5 Å². The summed E-state index contributed by atoms with van der Waals surface area (Å²) in [5.41, 5.74) is -1.52. The minimum Gasteiger partial charge on any atom is -0.469 e. The van der Waals surface area contributed by atoms with E-state index in [0.717, 1.165) is 0 Å². The van der Waals surface area contributed by atoms with E-state index in [4.69, 9.17) is 9.47 Å². The lowest BCUT2D eigenvalue weighted by molar-refractivity contribution is -0.141. The van der Waals surface area contributed by atoms with Crippen molar-refractivity contribution in [1.82, 2.24) is 4.90 Å². The van der Waals surface area contributed by atoms with Crippen molar-refractivity contribution in [3.05, 3.63) is 0 Å². The van der Waals surface area contributed by atoms with E-state index in [1.807, 2.05) is 0 Å². The Balaban J connectivity index is 2.80.